The number of aromatic nitrogens is 1. The van der Waals surface area contributed by atoms with E-state index in [1.165, 1.54) is 6.07 Å². The first-order valence-electron chi connectivity index (χ1n) is 6.82. The Hall–Kier alpha value is -0.870. The molecule has 2 nitrogen and oxygen atoms in total. The van der Waals surface area contributed by atoms with Crippen molar-refractivity contribution in [2.75, 3.05) is 14.2 Å². The number of nitrogens with zero attached hydrogens (tertiary/aromatic N) is 1. The number of hydrogen-bond acceptors (Lipinski definition) is 1. The van der Waals surface area contributed by atoms with Crippen LogP contribution in [0.4, 0.5) is 4.39 Å². The Morgan fingerprint density at radius 1 is 1.10 bits per heavy atom. The Morgan fingerprint density at radius 2 is 1.55 bits per heavy atom. The predicted octanol–water partition coefficient (Wildman–Crippen LogP) is 5.70. The second kappa shape index (κ2) is 11.9. The minimum Gasteiger partial charge on any atom is -0.388 e. The van der Waals surface area contributed by atoms with Crippen molar-refractivity contribution in [1.82, 2.24) is 4.57 Å². The lowest BCUT2D eigenvalue weighted by atomic mass is 10.2. The molecule has 0 aliphatic rings. The number of rotatable bonds is 0. The number of methoxy groups -OCH3 is 1. The van der Waals surface area contributed by atoms with E-state index in [9.17, 15) is 4.39 Å². The minimum absolute atomic E-state index is 0.200. The van der Waals surface area contributed by atoms with Crippen molar-refractivity contribution in [3.63, 3.8) is 0 Å². The second-order valence-corrected chi connectivity index (χ2v) is 4.47. The Morgan fingerprint density at radius 3 is 2.00 bits per heavy atom. The molecular formula is C16H27BrFNO. The van der Waals surface area contributed by atoms with Crippen LogP contribution < -0.4 is 0 Å². The zero-order valence-corrected chi connectivity index (χ0v) is 15.4. The van der Waals surface area contributed by atoms with Crippen LogP contribution in [0.3, 0.4) is 0 Å². The quantitative estimate of drug-likeness (QED) is 0.595. The number of fused-ring (bicyclic) bond motifs is 1. The largest absolute Gasteiger partial charge is 0.388 e. The highest BCUT2D eigenvalue weighted by Gasteiger charge is 2.07. The van der Waals surface area contributed by atoms with Gasteiger partial charge in [-0.25, -0.2) is 4.39 Å². The van der Waals surface area contributed by atoms with Crippen molar-refractivity contribution >= 4 is 26.8 Å². The van der Waals surface area contributed by atoms with Gasteiger partial charge in [-0.2, -0.15) is 0 Å². The van der Waals surface area contributed by atoms with Gasteiger partial charge in [-0.3, -0.25) is 0 Å². The summed E-state index contributed by atoms with van der Waals surface area (Å²) < 4.78 is 20.1. The number of halogens is 2. The van der Waals surface area contributed by atoms with Gasteiger partial charge in [0, 0.05) is 37.3 Å². The van der Waals surface area contributed by atoms with Gasteiger partial charge in [0.25, 0.3) is 0 Å². The molecule has 0 radical (unpaired) electrons. The van der Waals surface area contributed by atoms with E-state index in [4.69, 9.17) is 0 Å². The van der Waals surface area contributed by atoms with Crippen LogP contribution in [0.15, 0.2) is 22.8 Å². The fraction of sp³-hybridized carbons (Fsp3) is 0.500. The third-order valence-electron chi connectivity index (χ3n) is 2.19. The third kappa shape index (κ3) is 6.06. The normalized spacial score (nSPS) is 8.70. The molecule has 0 saturated carbocycles. The van der Waals surface area contributed by atoms with Crippen LogP contribution in [-0.4, -0.2) is 18.8 Å². The molecule has 2 aromatic rings. The van der Waals surface area contributed by atoms with Gasteiger partial charge in [-0.1, -0.05) is 27.7 Å². The Labute approximate surface area is 131 Å². The Balaban J connectivity index is 0. The molecule has 0 N–H and O–H groups in total. The molecule has 20 heavy (non-hydrogen) atoms. The van der Waals surface area contributed by atoms with Gasteiger partial charge < -0.3 is 9.30 Å². The molecule has 0 amide bonds. The third-order valence-corrected chi connectivity index (χ3v) is 2.80. The monoisotopic (exact) mass is 347 g/mol. The van der Waals surface area contributed by atoms with Crippen LogP contribution in [0.5, 0.6) is 0 Å². The fourth-order valence-corrected chi connectivity index (χ4v) is 2.36. The summed E-state index contributed by atoms with van der Waals surface area (Å²) in [5.41, 5.74) is 2.14. The predicted molar refractivity (Wildman–Crippen MR) is 90.9 cm³/mol. The lowest BCUT2D eigenvalue weighted by molar-refractivity contribution is 0.277. The van der Waals surface area contributed by atoms with Crippen LogP contribution in [-0.2, 0) is 11.8 Å². The van der Waals surface area contributed by atoms with Gasteiger partial charge in [-0.05, 0) is 40.5 Å². The van der Waals surface area contributed by atoms with E-state index in [0.717, 1.165) is 20.9 Å². The van der Waals surface area contributed by atoms with E-state index in [1.54, 1.807) is 20.3 Å². The van der Waals surface area contributed by atoms with Gasteiger partial charge in [0.1, 0.15) is 5.82 Å². The van der Waals surface area contributed by atoms with Crippen molar-refractivity contribution in [2.45, 2.75) is 34.6 Å². The molecule has 0 aliphatic heterocycles. The molecule has 1 heterocycles. The van der Waals surface area contributed by atoms with Gasteiger partial charge in [0.2, 0.25) is 0 Å². The summed E-state index contributed by atoms with van der Waals surface area (Å²) in [6, 6.07) is 3.05. The van der Waals surface area contributed by atoms with E-state index < -0.39 is 0 Å². The molecule has 0 fully saturated rings. The summed E-state index contributed by atoms with van der Waals surface area (Å²) >= 11 is 3.35. The Bertz CT molecular complexity index is 495. The van der Waals surface area contributed by atoms with Gasteiger partial charge in [-0.15, -0.1) is 0 Å². The molecule has 0 saturated heterocycles. The van der Waals surface area contributed by atoms with E-state index in [1.807, 2.05) is 52.4 Å². The zero-order valence-electron chi connectivity index (χ0n) is 13.8. The SMILES string of the molecule is CC.CC.COC.Cc1cn(C)c2c(Br)cc(F)cc12. The average molecular weight is 348 g/mol. The molecule has 0 atom stereocenters. The van der Waals surface area contributed by atoms with Crippen LogP contribution in [0.25, 0.3) is 10.9 Å². The van der Waals surface area contributed by atoms with Crippen LogP contribution in [0.1, 0.15) is 33.3 Å². The maximum Gasteiger partial charge on any atom is 0.125 e. The minimum atomic E-state index is -0.200. The lowest BCUT2D eigenvalue weighted by Crippen LogP contribution is -1.85. The number of ether oxygens (including phenoxy) is 1. The highest BCUT2D eigenvalue weighted by Crippen LogP contribution is 2.28. The molecule has 2 rings (SSSR count). The lowest BCUT2D eigenvalue weighted by Gasteiger charge is -1.99. The zero-order chi connectivity index (χ0) is 16.3. The standard InChI is InChI=1S/C10H9BrFN.C2H6O.2C2H6/c1-6-5-13(2)10-8(6)3-7(12)4-9(10)11;1-3-2;2*1-2/h3-5H,1-2H3;1-2H3;2*1-2H3. The molecular weight excluding hydrogens is 321 g/mol. The van der Waals surface area contributed by atoms with Crippen molar-refractivity contribution < 1.29 is 9.13 Å². The second-order valence-electron chi connectivity index (χ2n) is 3.62. The maximum absolute atomic E-state index is 13.0. The van der Waals surface area contributed by atoms with Crippen LogP contribution >= 0.6 is 15.9 Å². The van der Waals surface area contributed by atoms with E-state index in [-0.39, 0.29) is 5.82 Å². The highest BCUT2D eigenvalue weighted by atomic mass is 79.9. The van der Waals surface area contributed by atoms with Crippen molar-refractivity contribution in [3.8, 4) is 0 Å². The molecule has 1 aromatic carbocycles. The first kappa shape index (κ1) is 21.4. The molecule has 0 aliphatic carbocycles. The topological polar surface area (TPSA) is 14.2 Å². The first-order valence-corrected chi connectivity index (χ1v) is 7.61. The highest BCUT2D eigenvalue weighted by molar-refractivity contribution is 9.10. The molecule has 4 heteroatoms. The molecule has 0 spiro atoms. The summed E-state index contributed by atoms with van der Waals surface area (Å²) in [7, 11) is 5.21. The molecule has 116 valence electrons. The number of hydrogen-bond donors (Lipinski definition) is 0. The Kier molecular flexibility index (Phi) is 12.8. The summed E-state index contributed by atoms with van der Waals surface area (Å²) in [6.45, 7) is 9.98. The van der Waals surface area contributed by atoms with Gasteiger partial charge in [0.05, 0.1) is 5.52 Å². The van der Waals surface area contributed by atoms with E-state index >= 15 is 0 Å². The summed E-state index contributed by atoms with van der Waals surface area (Å²) in [4.78, 5) is 0. The number of aryl methyl sites for hydroxylation is 2. The van der Waals surface area contributed by atoms with Crippen molar-refractivity contribution in [2.24, 2.45) is 7.05 Å². The number of benzene rings is 1. The molecule has 1 aromatic heterocycles. The van der Waals surface area contributed by atoms with Crippen molar-refractivity contribution in [3.05, 3.63) is 34.2 Å². The van der Waals surface area contributed by atoms with Crippen molar-refractivity contribution in [1.29, 1.82) is 0 Å². The fourth-order valence-electron chi connectivity index (χ4n) is 1.65. The average Bonchev–Trinajstić information content (AvgIpc) is 2.70. The summed E-state index contributed by atoms with van der Waals surface area (Å²) in [6.07, 6.45) is 1.99. The first-order chi connectivity index (χ1) is 9.51. The van der Waals surface area contributed by atoms with Crippen LogP contribution in [0, 0.1) is 12.7 Å². The maximum atomic E-state index is 13.0. The summed E-state index contributed by atoms with van der Waals surface area (Å²) in [5, 5.41) is 0.967. The summed E-state index contributed by atoms with van der Waals surface area (Å²) in [5.74, 6) is -0.200. The smallest absolute Gasteiger partial charge is 0.125 e. The van der Waals surface area contributed by atoms with Crippen LogP contribution in [0.2, 0.25) is 0 Å². The molecule has 0 bridgehead atoms. The molecule has 0 unspecified atom stereocenters. The van der Waals surface area contributed by atoms with Gasteiger partial charge in [0.15, 0.2) is 0 Å². The van der Waals surface area contributed by atoms with E-state index in [0.29, 0.717) is 0 Å². The van der Waals surface area contributed by atoms with Gasteiger partial charge >= 0.3 is 0 Å². The van der Waals surface area contributed by atoms with E-state index in [2.05, 4.69) is 20.7 Å².